The van der Waals surface area contributed by atoms with E-state index >= 15 is 0 Å². The van der Waals surface area contributed by atoms with Gasteiger partial charge in [0, 0.05) is 26.1 Å². The minimum Gasteiger partial charge on any atom is -0.375 e. The van der Waals surface area contributed by atoms with Crippen LogP contribution in [0.15, 0.2) is 12.7 Å². The average Bonchev–Trinajstić information content (AvgIpc) is 2.43. The smallest absolute Gasteiger partial charge is 0.243 e. The monoisotopic (exact) mass is 280 g/mol. The lowest BCUT2D eigenvalue weighted by Gasteiger charge is -2.36. The predicted molar refractivity (Wildman–Crippen MR) is 76.1 cm³/mol. The number of ether oxygens (including phenoxy) is 1. The molecule has 2 fully saturated rings. The van der Waals surface area contributed by atoms with Crippen LogP contribution in [0.4, 0.5) is 0 Å². The van der Waals surface area contributed by atoms with Crippen molar-refractivity contribution in [3.8, 4) is 0 Å². The third-order valence-electron chi connectivity index (χ3n) is 4.06. The van der Waals surface area contributed by atoms with Crippen LogP contribution in [0.3, 0.4) is 0 Å². The van der Waals surface area contributed by atoms with E-state index in [4.69, 9.17) is 4.74 Å². The molecular formula is C15H24N2O3. The van der Waals surface area contributed by atoms with E-state index in [0.717, 1.165) is 25.9 Å². The van der Waals surface area contributed by atoms with Crippen molar-refractivity contribution in [3.63, 3.8) is 0 Å². The van der Waals surface area contributed by atoms with E-state index in [1.807, 2.05) is 4.90 Å². The number of likely N-dealkylation sites (tertiary alicyclic amines) is 1. The number of nitrogens with zero attached hydrogens (tertiary/aromatic N) is 1. The summed E-state index contributed by atoms with van der Waals surface area (Å²) in [6.07, 6.45) is 7.91. The highest BCUT2D eigenvalue weighted by Gasteiger charge is 2.27. The van der Waals surface area contributed by atoms with Gasteiger partial charge in [-0.3, -0.25) is 9.59 Å². The third-order valence-corrected chi connectivity index (χ3v) is 4.06. The quantitative estimate of drug-likeness (QED) is 0.745. The molecule has 2 rings (SSSR count). The van der Waals surface area contributed by atoms with E-state index in [0.29, 0.717) is 25.2 Å². The Bertz CT molecular complexity index is 358. The van der Waals surface area contributed by atoms with Crippen LogP contribution in [0.1, 0.15) is 38.5 Å². The minimum absolute atomic E-state index is 0.108. The summed E-state index contributed by atoms with van der Waals surface area (Å²) < 4.78 is 5.98. The fourth-order valence-electron chi connectivity index (χ4n) is 2.54. The molecule has 2 amide bonds. The predicted octanol–water partition coefficient (Wildman–Crippen LogP) is 1.24. The first-order valence-corrected chi connectivity index (χ1v) is 7.52. The lowest BCUT2D eigenvalue weighted by Crippen LogP contribution is -2.43. The lowest BCUT2D eigenvalue weighted by molar-refractivity contribution is -0.135. The maximum atomic E-state index is 12.0. The molecule has 0 aromatic heterocycles. The molecule has 5 heteroatoms. The van der Waals surface area contributed by atoms with Gasteiger partial charge in [0.05, 0.1) is 12.2 Å². The normalized spacial score (nSPS) is 20.3. The van der Waals surface area contributed by atoms with Crippen LogP contribution in [0.25, 0.3) is 0 Å². The molecule has 1 aliphatic carbocycles. The lowest BCUT2D eigenvalue weighted by atomic mass is 9.95. The molecule has 0 aromatic carbocycles. The summed E-state index contributed by atoms with van der Waals surface area (Å²) in [6, 6.07) is 0. The summed E-state index contributed by atoms with van der Waals surface area (Å²) in [5.74, 6) is -0.123. The number of carbonyl (C=O) groups excluding carboxylic acids is 2. The fraction of sp³-hybridized carbons (Fsp3) is 0.733. The van der Waals surface area contributed by atoms with Gasteiger partial charge >= 0.3 is 0 Å². The number of rotatable bonds is 6. The van der Waals surface area contributed by atoms with Crippen molar-refractivity contribution in [2.75, 3.05) is 19.6 Å². The Morgan fingerprint density at radius 3 is 2.40 bits per heavy atom. The minimum atomic E-state index is -0.231. The van der Waals surface area contributed by atoms with Crippen LogP contribution >= 0.6 is 0 Å². The topological polar surface area (TPSA) is 58.6 Å². The highest BCUT2D eigenvalue weighted by atomic mass is 16.5. The van der Waals surface area contributed by atoms with E-state index in [1.54, 1.807) is 0 Å². The Morgan fingerprint density at radius 1 is 1.20 bits per heavy atom. The van der Waals surface area contributed by atoms with Crippen LogP contribution in [0, 0.1) is 0 Å². The molecule has 0 spiro atoms. The van der Waals surface area contributed by atoms with Gasteiger partial charge in [-0.25, -0.2) is 0 Å². The average molecular weight is 280 g/mol. The number of hydrogen-bond acceptors (Lipinski definition) is 3. The summed E-state index contributed by atoms with van der Waals surface area (Å²) in [4.78, 5) is 24.8. The Hall–Kier alpha value is -1.36. The van der Waals surface area contributed by atoms with Crippen molar-refractivity contribution in [2.24, 2.45) is 0 Å². The fourth-order valence-corrected chi connectivity index (χ4v) is 2.54. The SMILES string of the molecule is C=CC(=O)NCCC(=O)N1CCC(OC2CCC2)CC1. The van der Waals surface area contributed by atoms with Crippen LogP contribution in [0.5, 0.6) is 0 Å². The molecule has 5 nitrogen and oxygen atoms in total. The molecule has 1 N–H and O–H groups in total. The molecule has 112 valence electrons. The zero-order chi connectivity index (χ0) is 14.4. The molecule has 0 radical (unpaired) electrons. The Morgan fingerprint density at radius 2 is 1.85 bits per heavy atom. The van der Waals surface area contributed by atoms with E-state index in [1.165, 1.54) is 25.3 Å². The van der Waals surface area contributed by atoms with Gasteiger partial charge in [-0.05, 0) is 38.2 Å². The van der Waals surface area contributed by atoms with Gasteiger partial charge in [0.25, 0.3) is 0 Å². The highest BCUT2D eigenvalue weighted by molar-refractivity contribution is 5.87. The van der Waals surface area contributed by atoms with Crippen molar-refractivity contribution in [1.82, 2.24) is 10.2 Å². The first kappa shape index (κ1) is 15.0. The maximum absolute atomic E-state index is 12.0. The Balaban J connectivity index is 1.61. The van der Waals surface area contributed by atoms with Crippen LogP contribution in [0.2, 0.25) is 0 Å². The van der Waals surface area contributed by atoms with Crippen molar-refractivity contribution >= 4 is 11.8 Å². The van der Waals surface area contributed by atoms with Crippen molar-refractivity contribution in [2.45, 2.75) is 50.7 Å². The summed E-state index contributed by atoms with van der Waals surface area (Å²) >= 11 is 0. The molecule has 1 saturated carbocycles. The second-order valence-electron chi connectivity index (χ2n) is 5.51. The van der Waals surface area contributed by atoms with Gasteiger partial charge in [0.15, 0.2) is 0 Å². The first-order chi connectivity index (χ1) is 9.69. The van der Waals surface area contributed by atoms with E-state index < -0.39 is 0 Å². The first-order valence-electron chi connectivity index (χ1n) is 7.52. The van der Waals surface area contributed by atoms with Gasteiger partial charge in [0.2, 0.25) is 11.8 Å². The summed E-state index contributed by atoms with van der Waals surface area (Å²) in [6.45, 7) is 5.29. The van der Waals surface area contributed by atoms with Gasteiger partial charge in [-0.1, -0.05) is 6.58 Å². The molecule has 1 saturated heterocycles. The maximum Gasteiger partial charge on any atom is 0.243 e. The molecule has 2 aliphatic rings. The van der Waals surface area contributed by atoms with Crippen molar-refractivity contribution < 1.29 is 14.3 Å². The third kappa shape index (κ3) is 4.34. The zero-order valence-electron chi connectivity index (χ0n) is 12.0. The van der Waals surface area contributed by atoms with E-state index in [2.05, 4.69) is 11.9 Å². The number of piperidine rings is 1. The second-order valence-corrected chi connectivity index (χ2v) is 5.51. The number of hydrogen-bond donors (Lipinski definition) is 1. The summed E-state index contributed by atoms with van der Waals surface area (Å²) in [5, 5.41) is 2.62. The van der Waals surface area contributed by atoms with Gasteiger partial charge in [-0.15, -0.1) is 0 Å². The molecule has 0 unspecified atom stereocenters. The number of carbonyl (C=O) groups is 2. The molecular weight excluding hydrogens is 256 g/mol. The molecule has 0 atom stereocenters. The standard InChI is InChI=1S/C15H24N2O3/c1-2-14(18)16-9-6-15(19)17-10-7-13(8-11-17)20-12-4-3-5-12/h2,12-13H,1,3-11H2,(H,16,18). The molecule has 0 aromatic rings. The number of nitrogens with one attached hydrogen (secondary N) is 1. The van der Waals surface area contributed by atoms with E-state index in [-0.39, 0.29) is 11.8 Å². The second kappa shape index (κ2) is 7.43. The highest BCUT2D eigenvalue weighted by Crippen LogP contribution is 2.26. The van der Waals surface area contributed by atoms with E-state index in [9.17, 15) is 9.59 Å². The molecule has 1 aliphatic heterocycles. The molecule has 1 heterocycles. The zero-order valence-corrected chi connectivity index (χ0v) is 12.0. The largest absolute Gasteiger partial charge is 0.375 e. The van der Waals surface area contributed by atoms with Crippen molar-refractivity contribution in [1.29, 1.82) is 0 Å². The van der Waals surface area contributed by atoms with Gasteiger partial charge in [0.1, 0.15) is 0 Å². The summed E-state index contributed by atoms with van der Waals surface area (Å²) in [7, 11) is 0. The van der Waals surface area contributed by atoms with Gasteiger partial charge < -0.3 is 15.0 Å². The molecule has 20 heavy (non-hydrogen) atoms. The Kier molecular flexibility index (Phi) is 5.59. The van der Waals surface area contributed by atoms with Crippen LogP contribution in [-0.4, -0.2) is 48.6 Å². The van der Waals surface area contributed by atoms with Crippen LogP contribution in [-0.2, 0) is 14.3 Å². The van der Waals surface area contributed by atoms with Crippen molar-refractivity contribution in [3.05, 3.63) is 12.7 Å². The number of amides is 2. The molecule has 0 bridgehead atoms. The van der Waals surface area contributed by atoms with Gasteiger partial charge in [-0.2, -0.15) is 0 Å². The Labute approximate surface area is 120 Å². The van der Waals surface area contributed by atoms with Crippen LogP contribution < -0.4 is 5.32 Å². The summed E-state index contributed by atoms with van der Waals surface area (Å²) in [5.41, 5.74) is 0.